The average molecular weight is 283 g/mol. The number of anilines is 1. The second-order valence-corrected chi connectivity index (χ2v) is 4.87. The number of hydrogen-bond acceptors (Lipinski definition) is 4. The first-order valence-corrected chi connectivity index (χ1v) is 6.90. The Bertz CT molecular complexity index is 806. The van der Waals surface area contributed by atoms with Gasteiger partial charge in [0.25, 0.3) is 5.56 Å². The number of aryl methyl sites for hydroxylation is 1. The molecule has 6 nitrogen and oxygen atoms in total. The van der Waals surface area contributed by atoms with Crippen LogP contribution in [0.15, 0.2) is 41.3 Å². The Balaban J connectivity index is 1.97. The predicted octanol–water partition coefficient (Wildman–Crippen LogP) is 1.68. The van der Waals surface area contributed by atoms with Gasteiger partial charge in [-0.05, 0) is 19.1 Å². The van der Waals surface area contributed by atoms with Crippen molar-refractivity contribution in [1.29, 1.82) is 0 Å². The Morgan fingerprint density at radius 3 is 2.76 bits per heavy atom. The minimum atomic E-state index is -0.146. The lowest BCUT2D eigenvalue weighted by Gasteiger charge is -2.22. The van der Waals surface area contributed by atoms with E-state index in [9.17, 15) is 4.79 Å². The summed E-state index contributed by atoms with van der Waals surface area (Å²) in [6.45, 7) is 3.46. The Kier molecular flexibility index (Phi) is 3.43. The third kappa shape index (κ3) is 2.52. The molecule has 1 N–H and O–H groups in total. The number of benzene rings is 1. The van der Waals surface area contributed by atoms with E-state index in [2.05, 4.69) is 26.9 Å². The lowest BCUT2D eigenvalue weighted by Crippen LogP contribution is -2.25. The molecular formula is C15H17N5O. The quantitative estimate of drug-likeness (QED) is 0.791. The van der Waals surface area contributed by atoms with Crippen LogP contribution in [0.5, 0.6) is 0 Å². The molecule has 0 saturated carbocycles. The van der Waals surface area contributed by atoms with Crippen molar-refractivity contribution in [2.45, 2.75) is 13.5 Å². The fourth-order valence-electron chi connectivity index (χ4n) is 2.36. The Morgan fingerprint density at radius 1 is 1.29 bits per heavy atom. The van der Waals surface area contributed by atoms with Crippen molar-refractivity contribution < 1.29 is 0 Å². The van der Waals surface area contributed by atoms with Crippen molar-refractivity contribution >= 4 is 16.7 Å². The van der Waals surface area contributed by atoms with E-state index in [0.29, 0.717) is 23.4 Å². The van der Waals surface area contributed by atoms with Gasteiger partial charge >= 0.3 is 0 Å². The van der Waals surface area contributed by atoms with Gasteiger partial charge in [-0.3, -0.25) is 9.48 Å². The van der Waals surface area contributed by atoms with E-state index in [1.54, 1.807) is 17.9 Å². The Morgan fingerprint density at radius 2 is 2.05 bits per heavy atom. The van der Waals surface area contributed by atoms with Gasteiger partial charge in [0.2, 0.25) is 0 Å². The van der Waals surface area contributed by atoms with Crippen LogP contribution in [0.3, 0.4) is 0 Å². The van der Waals surface area contributed by atoms with Gasteiger partial charge in [-0.15, -0.1) is 0 Å². The molecule has 0 spiro atoms. The molecule has 0 amide bonds. The number of nitrogens with zero attached hydrogens (tertiary/aromatic N) is 4. The first-order chi connectivity index (χ1) is 10.2. The van der Waals surface area contributed by atoms with Crippen molar-refractivity contribution in [3.63, 3.8) is 0 Å². The zero-order valence-electron chi connectivity index (χ0n) is 12.1. The summed E-state index contributed by atoms with van der Waals surface area (Å²) in [6.07, 6.45) is 1.54. The fraction of sp³-hybridized carbons (Fsp3) is 0.267. The van der Waals surface area contributed by atoms with E-state index < -0.39 is 0 Å². The van der Waals surface area contributed by atoms with Gasteiger partial charge in [-0.2, -0.15) is 5.10 Å². The monoisotopic (exact) mass is 283 g/mol. The van der Waals surface area contributed by atoms with Gasteiger partial charge in [-0.25, -0.2) is 4.98 Å². The molecular weight excluding hydrogens is 266 g/mol. The third-order valence-corrected chi connectivity index (χ3v) is 3.49. The summed E-state index contributed by atoms with van der Waals surface area (Å²) in [6, 6.07) is 10.1. The number of H-pyrrole nitrogens is 1. The summed E-state index contributed by atoms with van der Waals surface area (Å²) >= 11 is 0. The van der Waals surface area contributed by atoms with E-state index >= 15 is 0 Å². The van der Waals surface area contributed by atoms with Crippen LogP contribution in [0.1, 0.15) is 12.7 Å². The molecule has 0 radical (unpaired) electrons. The molecule has 6 heteroatoms. The molecule has 108 valence electrons. The van der Waals surface area contributed by atoms with E-state index in [1.165, 1.54) is 0 Å². The molecule has 0 bridgehead atoms. The van der Waals surface area contributed by atoms with Gasteiger partial charge in [0.15, 0.2) is 5.65 Å². The van der Waals surface area contributed by atoms with Gasteiger partial charge in [0.05, 0.1) is 12.7 Å². The number of aromatic nitrogens is 4. The largest absolute Gasteiger partial charge is 0.364 e. The summed E-state index contributed by atoms with van der Waals surface area (Å²) in [5, 5.41) is 4.59. The number of rotatable bonds is 4. The molecule has 0 atom stereocenters. The summed E-state index contributed by atoms with van der Waals surface area (Å²) in [4.78, 5) is 21.6. The minimum absolute atomic E-state index is 0.146. The molecule has 2 aromatic heterocycles. The number of nitrogens with one attached hydrogen (secondary N) is 1. The van der Waals surface area contributed by atoms with Crippen LogP contribution in [0.2, 0.25) is 0 Å². The molecule has 0 fully saturated rings. The zero-order valence-corrected chi connectivity index (χ0v) is 12.1. The molecule has 2 heterocycles. The summed E-state index contributed by atoms with van der Waals surface area (Å²) in [5.41, 5.74) is 1.57. The molecule has 0 saturated heterocycles. The number of para-hydroxylation sites is 1. The van der Waals surface area contributed by atoms with Gasteiger partial charge in [-0.1, -0.05) is 18.2 Å². The van der Waals surface area contributed by atoms with E-state index in [-0.39, 0.29) is 5.56 Å². The van der Waals surface area contributed by atoms with Crippen molar-refractivity contribution in [3.8, 4) is 0 Å². The predicted molar refractivity (Wildman–Crippen MR) is 82.3 cm³/mol. The van der Waals surface area contributed by atoms with Crippen LogP contribution >= 0.6 is 0 Å². The molecule has 1 aromatic carbocycles. The second-order valence-electron chi connectivity index (χ2n) is 4.87. The van der Waals surface area contributed by atoms with Gasteiger partial charge in [0.1, 0.15) is 11.2 Å². The molecule has 0 aliphatic rings. The van der Waals surface area contributed by atoms with Crippen molar-refractivity contribution in [3.05, 3.63) is 52.7 Å². The fourth-order valence-corrected chi connectivity index (χ4v) is 2.36. The van der Waals surface area contributed by atoms with Crippen LogP contribution in [0.25, 0.3) is 11.0 Å². The van der Waals surface area contributed by atoms with Crippen LogP contribution in [-0.2, 0) is 13.6 Å². The average Bonchev–Trinajstić information content (AvgIpc) is 2.88. The summed E-state index contributed by atoms with van der Waals surface area (Å²) in [5.74, 6) is 0.641. The van der Waals surface area contributed by atoms with Crippen LogP contribution in [-0.4, -0.2) is 26.3 Å². The Labute approximate surface area is 122 Å². The lowest BCUT2D eigenvalue weighted by atomic mass is 10.3. The molecule has 0 aliphatic carbocycles. The first kappa shape index (κ1) is 13.4. The van der Waals surface area contributed by atoms with E-state index in [0.717, 1.165) is 12.2 Å². The Hall–Kier alpha value is -2.63. The zero-order chi connectivity index (χ0) is 14.8. The standard InChI is InChI=1S/C15H17N5O/c1-3-20(11-7-5-4-6-8-11)10-13-17-14-12(15(21)18-13)9-16-19(14)2/h4-9H,3,10H2,1-2H3,(H,17,18,21). The highest BCUT2D eigenvalue weighted by molar-refractivity contribution is 5.72. The highest BCUT2D eigenvalue weighted by Gasteiger charge is 2.11. The van der Waals surface area contributed by atoms with Crippen molar-refractivity contribution in [2.24, 2.45) is 7.05 Å². The van der Waals surface area contributed by atoms with Crippen molar-refractivity contribution in [2.75, 3.05) is 11.4 Å². The van der Waals surface area contributed by atoms with Crippen LogP contribution < -0.4 is 10.5 Å². The maximum absolute atomic E-state index is 12.1. The number of hydrogen-bond donors (Lipinski definition) is 1. The first-order valence-electron chi connectivity index (χ1n) is 6.90. The highest BCUT2D eigenvalue weighted by Crippen LogP contribution is 2.15. The maximum atomic E-state index is 12.1. The SMILES string of the molecule is CCN(Cc1nc2c(cnn2C)c(=O)[nH]1)c1ccccc1. The molecule has 0 unspecified atom stereocenters. The second kappa shape index (κ2) is 5.40. The molecule has 3 rings (SSSR count). The highest BCUT2D eigenvalue weighted by atomic mass is 16.1. The molecule has 3 aromatic rings. The minimum Gasteiger partial charge on any atom is -0.364 e. The van der Waals surface area contributed by atoms with Crippen molar-refractivity contribution in [1.82, 2.24) is 19.7 Å². The topological polar surface area (TPSA) is 66.8 Å². The summed E-state index contributed by atoms with van der Waals surface area (Å²) in [7, 11) is 1.79. The molecule has 0 aliphatic heterocycles. The normalized spacial score (nSPS) is 11.0. The number of fused-ring (bicyclic) bond motifs is 1. The van der Waals surface area contributed by atoms with E-state index in [4.69, 9.17) is 0 Å². The maximum Gasteiger partial charge on any atom is 0.262 e. The third-order valence-electron chi connectivity index (χ3n) is 3.49. The number of aromatic amines is 1. The van der Waals surface area contributed by atoms with Crippen LogP contribution in [0.4, 0.5) is 5.69 Å². The summed E-state index contributed by atoms with van der Waals surface area (Å²) < 4.78 is 1.62. The van der Waals surface area contributed by atoms with Gasteiger partial charge in [0, 0.05) is 19.3 Å². The molecule has 21 heavy (non-hydrogen) atoms. The lowest BCUT2D eigenvalue weighted by molar-refractivity contribution is 0.756. The smallest absolute Gasteiger partial charge is 0.262 e. The van der Waals surface area contributed by atoms with Crippen LogP contribution in [0, 0.1) is 0 Å². The van der Waals surface area contributed by atoms with E-state index in [1.807, 2.05) is 30.3 Å². The van der Waals surface area contributed by atoms with Gasteiger partial charge < -0.3 is 9.88 Å².